The number of oxazole rings is 1. The van der Waals surface area contributed by atoms with Gasteiger partial charge in [0, 0.05) is 19.2 Å². The van der Waals surface area contributed by atoms with E-state index in [9.17, 15) is 4.79 Å². The predicted molar refractivity (Wildman–Crippen MR) is 66.1 cm³/mol. The number of carbonyl (C=O) groups is 1. The number of aromatic nitrogens is 1. The van der Waals surface area contributed by atoms with Gasteiger partial charge in [0.2, 0.25) is 11.7 Å². The fourth-order valence-corrected chi connectivity index (χ4v) is 1.45. The first-order valence-electron chi connectivity index (χ1n) is 5.59. The third kappa shape index (κ3) is 2.95. The molecule has 0 atom stereocenters. The second kappa shape index (κ2) is 5.97. The molecule has 2 aromatic rings. The van der Waals surface area contributed by atoms with Crippen molar-refractivity contribution in [3.05, 3.63) is 42.3 Å². The molecule has 1 heterocycles. The molecule has 0 radical (unpaired) electrons. The van der Waals surface area contributed by atoms with Crippen LogP contribution in [-0.2, 0) is 4.74 Å². The van der Waals surface area contributed by atoms with Crippen molar-refractivity contribution >= 4 is 5.91 Å². The van der Waals surface area contributed by atoms with E-state index in [0.717, 1.165) is 5.56 Å². The number of methoxy groups -OCH3 is 1. The number of nitrogens with zero attached hydrogens (tertiary/aromatic N) is 1. The van der Waals surface area contributed by atoms with Crippen molar-refractivity contribution < 1.29 is 13.9 Å². The SMILES string of the molecule is COCCNC(=O)c1cnc(-c2ccccc2)o1. The normalized spacial score (nSPS) is 10.3. The maximum absolute atomic E-state index is 11.7. The Bertz CT molecular complexity index is 508. The van der Waals surface area contributed by atoms with Crippen molar-refractivity contribution in [3.8, 4) is 11.5 Å². The fourth-order valence-electron chi connectivity index (χ4n) is 1.45. The first-order valence-corrected chi connectivity index (χ1v) is 5.59. The molecule has 0 aliphatic heterocycles. The van der Waals surface area contributed by atoms with E-state index in [1.54, 1.807) is 7.11 Å². The molecule has 0 aliphatic rings. The van der Waals surface area contributed by atoms with E-state index < -0.39 is 0 Å². The summed E-state index contributed by atoms with van der Waals surface area (Å²) in [4.78, 5) is 15.7. The smallest absolute Gasteiger partial charge is 0.288 e. The molecule has 1 aromatic carbocycles. The van der Waals surface area contributed by atoms with Gasteiger partial charge in [-0.05, 0) is 12.1 Å². The molecular formula is C13H14N2O3. The largest absolute Gasteiger partial charge is 0.431 e. The molecule has 0 aliphatic carbocycles. The summed E-state index contributed by atoms with van der Waals surface area (Å²) in [5.41, 5.74) is 0.841. The third-order valence-corrected chi connectivity index (χ3v) is 2.34. The van der Waals surface area contributed by atoms with Crippen LogP contribution in [0.1, 0.15) is 10.6 Å². The highest BCUT2D eigenvalue weighted by atomic mass is 16.5. The van der Waals surface area contributed by atoms with Gasteiger partial charge < -0.3 is 14.5 Å². The van der Waals surface area contributed by atoms with E-state index in [0.29, 0.717) is 19.0 Å². The highest BCUT2D eigenvalue weighted by molar-refractivity contribution is 5.91. The Morgan fingerprint density at radius 2 is 2.17 bits per heavy atom. The summed E-state index contributed by atoms with van der Waals surface area (Å²) >= 11 is 0. The molecular weight excluding hydrogens is 232 g/mol. The van der Waals surface area contributed by atoms with E-state index >= 15 is 0 Å². The summed E-state index contributed by atoms with van der Waals surface area (Å²) < 4.78 is 10.2. The zero-order valence-corrected chi connectivity index (χ0v) is 10.1. The number of amides is 1. The van der Waals surface area contributed by atoms with Gasteiger partial charge in [-0.1, -0.05) is 18.2 Å². The van der Waals surface area contributed by atoms with Crippen molar-refractivity contribution in [1.29, 1.82) is 0 Å². The van der Waals surface area contributed by atoms with Crippen LogP contribution in [0.15, 0.2) is 40.9 Å². The van der Waals surface area contributed by atoms with Crippen LogP contribution in [0.4, 0.5) is 0 Å². The van der Waals surface area contributed by atoms with Crippen LogP contribution in [0.3, 0.4) is 0 Å². The maximum atomic E-state index is 11.7. The molecule has 94 valence electrons. The highest BCUT2D eigenvalue weighted by Crippen LogP contribution is 2.18. The Balaban J connectivity index is 2.04. The molecule has 0 bridgehead atoms. The zero-order chi connectivity index (χ0) is 12.8. The van der Waals surface area contributed by atoms with Crippen molar-refractivity contribution in [2.75, 3.05) is 20.3 Å². The van der Waals surface area contributed by atoms with Gasteiger partial charge in [-0.3, -0.25) is 4.79 Å². The fraction of sp³-hybridized carbons (Fsp3) is 0.231. The van der Waals surface area contributed by atoms with Crippen molar-refractivity contribution in [1.82, 2.24) is 10.3 Å². The molecule has 0 saturated heterocycles. The highest BCUT2D eigenvalue weighted by Gasteiger charge is 2.12. The molecule has 1 amide bonds. The van der Waals surface area contributed by atoms with Gasteiger partial charge in [0.1, 0.15) is 0 Å². The standard InChI is InChI=1S/C13H14N2O3/c1-17-8-7-14-12(16)11-9-15-13(18-11)10-5-3-2-4-6-10/h2-6,9H,7-8H2,1H3,(H,14,16). The Morgan fingerprint density at radius 3 is 2.89 bits per heavy atom. The van der Waals surface area contributed by atoms with Crippen LogP contribution in [-0.4, -0.2) is 31.2 Å². The van der Waals surface area contributed by atoms with Gasteiger partial charge in [-0.15, -0.1) is 0 Å². The minimum atomic E-state index is -0.290. The van der Waals surface area contributed by atoms with Crippen molar-refractivity contribution in [3.63, 3.8) is 0 Å². The first-order chi connectivity index (χ1) is 8.81. The van der Waals surface area contributed by atoms with Gasteiger partial charge in [0.25, 0.3) is 5.91 Å². The quantitative estimate of drug-likeness (QED) is 0.816. The van der Waals surface area contributed by atoms with Crippen LogP contribution in [0, 0.1) is 0 Å². The van der Waals surface area contributed by atoms with Crippen LogP contribution in [0.2, 0.25) is 0 Å². The van der Waals surface area contributed by atoms with E-state index in [1.165, 1.54) is 6.20 Å². The number of nitrogens with one attached hydrogen (secondary N) is 1. The van der Waals surface area contributed by atoms with E-state index in [2.05, 4.69) is 10.3 Å². The monoisotopic (exact) mass is 246 g/mol. The summed E-state index contributed by atoms with van der Waals surface area (Å²) in [6, 6.07) is 9.43. The van der Waals surface area contributed by atoms with Crippen molar-refractivity contribution in [2.45, 2.75) is 0 Å². The minimum absolute atomic E-state index is 0.199. The Kier molecular flexibility index (Phi) is 4.09. The molecule has 2 rings (SSSR count). The van der Waals surface area contributed by atoms with Gasteiger partial charge in [0.15, 0.2) is 0 Å². The van der Waals surface area contributed by atoms with Gasteiger partial charge in [0.05, 0.1) is 12.8 Å². The predicted octanol–water partition coefficient (Wildman–Crippen LogP) is 1.72. The molecule has 0 unspecified atom stereocenters. The molecule has 18 heavy (non-hydrogen) atoms. The average molecular weight is 246 g/mol. The summed E-state index contributed by atoms with van der Waals surface area (Å²) in [5, 5.41) is 2.67. The number of rotatable bonds is 5. The Labute approximate surface area is 105 Å². The van der Waals surface area contributed by atoms with Crippen LogP contribution >= 0.6 is 0 Å². The number of hydrogen-bond donors (Lipinski definition) is 1. The summed E-state index contributed by atoms with van der Waals surface area (Å²) in [7, 11) is 1.58. The second-order valence-corrected chi connectivity index (χ2v) is 3.64. The topological polar surface area (TPSA) is 64.4 Å². The second-order valence-electron chi connectivity index (χ2n) is 3.64. The summed E-state index contributed by atoms with van der Waals surface area (Å²) in [5.74, 6) is 0.346. The third-order valence-electron chi connectivity index (χ3n) is 2.34. The Hall–Kier alpha value is -2.14. The summed E-state index contributed by atoms with van der Waals surface area (Å²) in [6.07, 6.45) is 1.42. The van der Waals surface area contributed by atoms with Gasteiger partial charge in [-0.25, -0.2) is 4.98 Å². The first kappa shape index (κ1) is 12.3. The minimum Gasteiger partial charge on any atom is -0.431 e. The number of hydrogen-bond acceptors (Lipinski definition) is 4. The van der Waals surface area contributed by atoms with Crippen molar-refractivity contribution in [2.24, 2.45) is 0 Å². The molecule has 1 aromatic heterocycles. The number of benzene rings is 1. The molecule has 0 fully saturated rings. The van der Waals surface area contributed by atoms with Gasteiger partial charge >= 0.3 is 0 Å². The lowest BCUT2D eigenvalue weighted by Gasteiger charge is -2.00. The van der Waals surface area contributed by atoms with Gasteiger partial charge in [-0.2, -0.15) is 0 Å². The maximum Gasteiger partial charge on any atom is 0.288 e. The van der Waals surface area contributed by atoms with Crippen LogP contribution < -0.4 is 5.32 Å². The lowest BCUT2D eigenvalue weighted by atomic mass is 10.2. The van der Waals surface area contributed by atoms with E-state index in [4.69, 9.17) is 9.15 Å². The molecule has 1 N–H and O–H groups in total. The number of carbonyl (C=O) groups excluding carboxylic acids is 1. The van der Waals surface area contributed by atoms with E-state index in [1.807, 2.05) is 30.3 Å². The summed E-state index contributed by atoms with van der Waals surface area (Å²) in [6.45, 7) is 0.905. The zero-order valence-electron chi connectivity index (χ0n) is 10.1. The lowest BCUT2D eigenvalue weighted by molar-refractivity contribution is 0.0910. The molecule has 0 saturated carbocycles. The Morgan fingerprint density at radius 1 is 1.39 bits per heavy atom. The van der Waals surface area contributed by atoms with Crippen LogP contribution in [0.25, 0.3) is 11.5 Å². The lowest BCUT2D eigenvalue weighted by Crippen LogP contribution is -2.26. The number of ether oxygens (including phenoxy) is 1. The molecule has 5 heteroatoms. The molecule has 0 spiro atoms. The van der Waals surface area contributed by atoms with Crippen LogP contribution in [0.5, 0.6) is 0 Å². The average Bonchev–Trinajstić information content (AvgIpc) is 2.89. The molecule has 5 nitrogen and oxygen atoms in total. The van der Waals surface area contributed by atoms with E-state index in [-0.39, 0.29) is 11.7 Å².